The number of nitrogens with zero attached hydrogens (tertiary/aromatic N) is 2. The van der Waals surface area contributed by atoms with Crippen molar-refractivity contribution in [3.63, 3.8) is 0 Å². The van der Waals surface area contributed by atoms with Crippen LogP contribution in [0, 0.1) is 6.07 Å². The standard InChI is InChI=1S/C10H11N2.Ir/c1-12-8-7-11-10(12)9-5-3-2-4-6-9;/h2-5H,7-8H2,1H3;/q-1;. The van der Waals surface area contributed by atoms with E-state index in [4.69, 9.17) is 0 Å². The van der Waals surface area contributed by atoms with Crippen LogP contribution in [-0.2, 0) is 20.1 Å². The first-order chi connectivity index (χ1) is 5.88. The van der Waals surface area contributed by atoms with Crippen molar-refractivity contribution >= 4 is 5.84 Å². The molecule has 1 radical (unpaired) electrons. The monoisotopic (exact) mass is 352 g/mol. The number of benzene rings is 1. The molecule has 0 saturated carbocycles. The number of hydrogen-bond acceptors (Lipinski definition) is 2. The van der Waals surface area contributed by atoms with Crippen molar-refractivity contribution in [3.8, 4) is 0 Å². The van der Waals surface area contributed by atoms with E-state index in [2.05, 4.69) is 23.0 Å². The molecule has 0 bridgehead atoms. The molecule has 2 rings (SSSR count). The van der Waals surface area contributed by atoms with Crippen LogP contribution in [-0.4, -0.2) is 30.9 Å². The van der Waals surface area contributed by atoms with Gasteiger partial charge in [0.1, 0.15) is 0 Å². The van der Waals surface area contributed by atoms with E-state index in [0.717, 1.165) is 24.5 Å². The molecule has 0 aromatic heterocycles. The van der Waals surface area contributed by atoms with Crippen LogP contribution in [0.1, 0.15) is 5.56 Å². The Labute approximate surface area is 92.0 Å². The molecule has 0 amide bonds. The third-order valence-corrected chi connectivity index (χ3v) is 2.01. The molecular formula is C10H11IrN2-. The van der Waals surface area contributed by atoms with E-state index in [0.29, 0.717) is 0 Å². The van der Waals surface area contributed by atoms with Crippen LogP contribution in [0.25, 0.3) is 0 Å². The van der Waals surface area contributed by atoms with Gasteiger partial charge in [-0.1, -0.05) is 0 Å². The number of likely N-dealkylation sites (N-methyl/N-ethyl adjacent to an activating group) is 1. The summed E-state index contributed by atoms with van der Waals surface area (Å²) in [7, 11) is 2.06. The molecule has 71 valence electrons. The van der Waals surface area contributed by atoms with E-state index in [1.165, 1.54) is 0 Å². The Morgan fingerprint density at radius 2 is 2.31 bits per heavy atom. The molecule has 1 aromatic rings. The molecule has 13 heavy (non-hydrogen) atoms. The van der Waals surface area contributed by atoms with Crippen molar-refractivity contribution in [2.45, 2.75) is 0 Å². The molecular weight excluding hydrogens is 340 g/mol. The van der Waals surface area contributed by atoms with Gasteiger partial charge in [-0.3, -0.25) is 0 Å². The molecule has 0 aliphatic carbocycles. The van der Waals surface area contributed by atoms with Gasteiger partial charge in [0.2, 0.25) is 0 Å². The van der Waals surface area contributed by atoms with Gasteiger partial charge >= 0.3 is 0 Å². The molecule has 3 heteroatoms. The van der Waals surface area contributed by atoms with Crippen molar-refractivity contribution in [2.24, 2.45) is 4.99 Å². The van der Waals surface area contributed by atoms with Gasteiger partial charge in [0, 0.05) is 39.0 Å². The Kier molecular flexibility index (Phi) is 3.64. The van der Waals surface area contributed by atoms with Crippen molar-refractivity contribution in [1.82, 2.24) is 4.90 Å². The Balaban J connectivity index is 0.000000845. The predicted molar refractivity (Wildman–Crippen MR) is 49.3 cm³/mol. The Morgan fingerprint density at radius 3 is 2.85 bits per heavy atom. The van der Waals surface area contributed by atoms with Gasteiger partial charge in [0.05, 0.1) is 0 Å². The van der Waals surface area contributed by atoms with Crippen molar-refractivity contribution in [3.05, 3.63) is 35.9 Å². The van der Waals surface area contributed by atoms with Gasteiger partial charge in [-0.2, -0.15) is 0 Å². The number of aliphatic imine (C=N–C) groups is 1. The fraction of sp³-hybridized carbons (Fsp3) is 0.300. The van der Waals surface area contributed by atoms with Crippen LogP contribution in [0.5, 0.6) is 0 Å². The molecule has 1 aliphatic rings. The van der Waals surface area contributed by atoms with Crippen molar-refractivity contribution in [1.29, 1.82) is 0 Å². The Bertz CT molecular complexity index is 295. The van der Waals surface area contributed by atoms with Gasteiger partial charge < -0.3 is 9.89 Å². The summed E-state index contributed by atoms with van der Waals surface area (Å²) in [6.45, 7) is 1.94. The summed E-state index contributed by atoms with van der Waals surface area (Å²) in [6.07, 6.45) is 0. The first-order valence-electron chi connectivity index (χ1n) is 4.10. The minimum absolute atomic E-state index is 0. The topological polar surface area (TPSA) is 15.6 Å². The average Bonchev–Trinajstić information content (AvgIpc) is 2.53. The van der Waals surface area contributed by atoms with Crippen LogP contribution in [0.3, 0.4) is 0 Å². The number of amidine groups is 1. The minimum Gasteiger partial charge on any atom is -0.397 e. The van der Waals surface area contributed by atoms with E-state index in [1.54, 1.807) is 0 Å². The Hall–Kier alpha value is -0.661. The normalized spacial score (nSPS) is 15.2. The van der Waals surface area contributed by atoms with Crippen molar-refractivity contribution < 1.29 is 20.1 Å². The average molecular weight is 351 g/mol. The summed E-state index contributed by atoms with van der Waals surface area (Å²) < 4.78 is 0. The number of rotatable bonds is 1. The van der Waals surface area contributed by atoms with Gasteiger partial charge in [-0.25, -0.2) is 0 Å². The van der Waals surface area contributed by atoms with Gasteiger partial charge in [0.25, 0.3) is 0 Å². The summed E-state index contributed by atoms with van der Waals surface area (Å²) >= 11 is 0. The smallest absolute Gasteiger partial charge is 0.0474 e. The maximum atomic E-state index is 4.40. The SMILES string of the molecule is CN1CCN=C1c1[c-]cccc1.[Ir]. The third kappa shape index (κ3) is 2.17. The molecule has 0 spiro atoms. The first-order valence-corrected chi connectivity index (χ1v) is 4.10. The quantitative estimate of drug-likeness (QED) is 0.694. The van der Waals surface area contributed by atoms with E-state index in [-0.39, 0.29) is 20.1 Å². The largest absolute Gasteiger partial charge is 0.397 e. The molecule has 0 unspecified atom stereocenters. The van der Waals surface area contributed by atoms with Gasteiger partial charge in [-0.05, 0) is 7.05 Å². The molecule has 0 atom stereocenters. The van der Waals surface area contributed by atoms with E-state index < -0.39 is 0 Å². The molecule has 2 nitrogen and oxygen atoms in total. The second-order valence-corrected chi connectivity index (χ2v) is 2.90. The predicted octanol–water partition coefficient (Wildman–Crippen LogP) is 1.18. The molecule has 1 heterocycles. The summed E-state index contributed by atoms with van der Waals surface area (Å²) in [4.78, 5) is 6.56. The van der Waals surface area contributed by atoms with Gasteiger partial charge in [0.15, 0.2) is 0 Å². The molecule has 0 fully saturated rings. The van der Waals surface area contributed by atoms with Gasteiger partial charge in [-0.15, -0.1) is 35.9 Å². The third-order valence-electron chi connectivity index (χ3n) is 2.01. The zero-order chi connectivity index (χ0) is 8.39. The zero-order valence-electron chi connectivity index (χ0n) is 7.45. The zero-order valence-corrected chi connectivity index (χ0v) is 9.85. The van der Waals surface area contributed by atoms with E-state index >= 15 is 0 Å². The van der Waals surface area contributed by atoms with E-state index in [9.17, 15) is 0 Å². The fourth-order valence-corrected chi connectivity index (χ4v) is 1.36. The molecule has 1 aromatic carbocycles. The van der Waals surface area contributed by atoms with Crippen LogP contribution < -0.4 is 0 Å². The summed E-state index contributed by atoms with van der Waals surface area (Å²) in [5.41, 5.74) is 1.09. The van der Waals surface area contributed by atoms with Crippen molar-refractivity contribution in [2.75, 3.05) is 20.1 Å². The second-order valence-electron chi connectivity index (χ2n) is 2.90. The fourth-order valence-electron chi connectivity index (χ4n) is 1.36. The minimum atomic E-state index is 0. The second kappa shape index (κ2) is 4.54. The van der Waals surface area contributed by atoms with Crippen LogP contribution in [0.15, 0.2) is 29.3 Å². The molecule has 0 N–H and O–H groups in total. The van der Waals surface area contributed by atoms with Crippen LogP contribution >= 0.6 is 0 Å². The summed E-state index contributed by atoms with van der Waals surface area (Å²) in [5.74, 6) is 1.07. The van der Waals surface area contributed by atoms with Crippen LogP contribution in [0.4, 0.5) is 0 Å². The first kappa shape index (κ1) is 10.4. The maximum Gasteiger partial charge on any atom is 0.0474 e. The molecule has 1 aliphatic heterocycles. The molecule has 0 saturated heterocycles. The van der Waals surface area contributed by atoms with E-state index in [1.807, 2.05) is 24.3 Å². The Morgan fingerprint density at radius 1 is 1.46 bits per heavy atom. The number of hydrogen-bond donors (Lipinski definition) is 0. The maximum absolute atomic E-state index is 4.40. The van der Waals surface area contributed by atoms with Crippen LogP contribution in [0.2, 0.25) is 0 Å². The summed E-state index contributed by atoms with van der Waals surface area (Å²) in [6, 6.07) is 11.1. The summed E-state index contributed by atoms with van der Waals surface area (Å²) in [5, 5.41) is 0.